The molecule has 0 bridgehead atoms. The van der Waals surface area contributed by atoms with E-state index in [4.69, 9.17) is 10.8 Å². The van der Waals surface area contributed by atoms with Gasteiger partial charge in [-0.05, 0) is 18.6 Å². The first-order valence-corrected chi connectivity index (χ1v) is 6.29. The maximum Gasteiger partial charge on any atom is 0.433 e. The van der Waals surface area contributed by atoms with Gasteiger partial charge in [0.1, 0.15) is 10.7 Å². The molecule has 1 atom stereocenters. The van der Waals surface area contributed by atoms with Gasteiger partial charge in [0.25, 0.3) is 5.91 Å². The average molecular weight is 294 g/mol. The lowest BCUT2D eigenvalue weighted by molar-refractivity contribution is -0.141. The lowest BCUT2D eigenvalue weighted by atomic mass is 10.2. The Balaban J connectivity index is 3.12. The van der Waals surface area contributed by atoms with Crippen molar-refractivity contribution in [2.45, 2.75) is 29.8 Å². The zero-order valence-corrected chi connectivity index (χ0v) is 10.9. The Morgan fingerprint density at radius 3 is 2.63 bits per heavy atom. The van der Waals surface area contributed by atoms with Crippen LogP contribution in [-0.4, -0.2) is 27.9 Å². The van der Waals surface area contributed by atoms with Crippen molar-refractivity contribution >= 4 is 17.7 Å². The molecule has 8 heteroatoms. The van der Waals surface area contributed by atoms with Gasteiger partial charge < -0.3 is 10.8 Å². The van der Waals surface area contributed by atoms with E-state index in [2.05, 4.69) is 4.98 Å². The molecule has 0 fully saturated rings. The molecule has 1 rings (SSSR count). The van der Waals surface area contributed by atoms with Crippen molar-refractivity contribution in [2.24, 2.45) is 5.73 Å². The molecule has 106 valence electrons. The normalized spacial score (nSPS) is 13.3. The molecule has 0 saturated heterocycles. The van der Waals surface area contributed by atoms with Gasteiger partial charge in [-0.2, -0.15) is 13.2 Å². The van der Waals surface area contributed by atoms with E-state index >= 15 is 0 Å². The summed E-state index contributed by atoms with van der Waals surface area (Å²) in [5.41, 5.74) is 3.97. The second-order valence-electron chi connectivity index (χ2n) is 3.85. The molecule has 0 saturated carbocycles. The summed E-state index contributed by atoms with van der Waals surface area (Å²) in [5, 5.41) is 8.52. The zero-order valence-electron chi connectivity index (χ0n) is 10.1. The molecular formula is C11H13F3N2O2S. The van der Waals surface area contributed by atoms with Crippen molar-refractivity contribution in [3.63, 3.8) is 0 Å². The Bertz CT molecular complexity index is 466. The molecule has 0 aromatic carbocycles. The minimum atomic E-state index is -4.58. The number of carbonyl (C=O) groups excluding carboxylic acids is 1. The Morgan fingerprint density at radius 2 is 2.16 bits per heavy atom. The summed E-state index contributed by atoms with van der Waals surface area (Å²) in [4.78, 5) is 14.6. The minimum Gasteiger partial charge on any atom is -0.396 e. The first-order valence-electron chi connectivity index (χ1n) is 5.41. The molecule has 0 aliphatic carbocycles. The first-order chi connectivity index (χ1) is 8.75. The van der Waals surface area contributed by atoms with Crippen LogP contribution in [0.5, 0.6) is 0 Å². The van der Waals surface area contributed by atoms with Crippen LogP contribution in [0.25, 0.3) is 0 Å². The van der Waals surface area contributed by atoms with E-state index in [0.717, 1.165) is 23.9 Å². The van der Waals surface area contributed by atoms with Gasteiger partial charge in [-0.25, -0.2) is 4.98 Å². The third-order valence-electron chi connectivity index (χ3n) is 2.26. The molecule has 0 radical (unpaired) electrons. The SMILES string of the molecule is CC(CCO)Sc1nc(C(F)(F)F)ccc1C(N)=O. The molecule has 0 spiro atoms. The number of hydrogen-bond acceptors (Lipinski definition) is 4. The number of aliphatic hydroxyl groups is 1. The number of hydrogen-bond donors (Lipinski definition) is 2. The number of rotatable bonds is 5. The highest BCUT2D eigenvalue weighted by atomic mass is 32.2. The summed E-state index contributed by atoms with van der Waals surface area (Å²) in [6.07, 6.45) is -4.20. The number of amides is 1. The maximum absolute atomic E-state index is 12.6. The van der Waals surface area contributed by atoms with Crippen LogP contribution in [0.15, 0.2) is 17.2 Å². The number of thioether (sulfide) groups is 1. The van der Waals surface area contributed by atoms with Crippen LogP contribution in [-0.2, 0) is 6.18 Å². The molecule has 0 aliphatic heterocycles. The molecule has 1 amide bonds. The number of nitrogens with zero attached hydrogens (tertiary/aromatic N) is 1. The van der Waals surface area contributed by atoms with Crippen LogP contribution in [0.2, 0.25) is 0 Å². The third kappa shape index (κ3) is 4.39. The smallest absolute Gasteiger partial charge is 0.396 e. The molecule has 1 aromatic rings. The molecule has 4 nitrogen and oxygen atoms in total. The van der Waals surface area contributed by atoms with Crippen LogP contribution in [0.1, 0.15) is 29.4 Å². The van der Waals surface area contributed by atoms with Gasteiger partial charge in [0.15, 0.2) is 0 Å². The summed E-state index contributed by atoms with van der Waals surface area (Å²) in [7, 11) is 0. The van der Waals surface area contributed by atoms with Crippen molar-refractivity contribution in [1.82, 2.24) is 4.98 Å². The predicted molar refractivity (Wildman–Crippen MR) is 64.8 cm³/mol. The van der Waals surface area contributed by atoms with Gasteiger partial charge >= 0.3 is 6.18 Å². The van der Waals surface area contributed by atoms with Crippen molar-refractivity contribution in [3.8, 4) is 0 Å². The lowest BCUT2D eigenvalue weighted by Gasteiger charge is -2.13. The average Bonchev–Trinajstić information content (AvgIpc) is 2.27. The molecule has 19 heavy (non-hydrogen) atoms. The van der Waals surface area contributed by atoms with E-state index in [1.807, 2.05) is 0 Å². The van der Waals surface area contributed by atoms with E-state index in [-0.39, 0.29) is 22.4 Å². The highest BCUT2D eigenvalue weighted by Gasteiger charge is 2.33. The quantitative estimate of drug-likeness (QED) is 0.815. The Labute approximate surface area is 112 Å². The van der Waals surface area contributed by atoms with Crippen LogP contribution in [0, 0.1) is 0 Å². The fourth-order valence-electron chi connectivity index (χ4n) is 1.31. The van der Waals surface area contributed by atoms with Gasteiger partial charge in [0.2, 0.25) is 0 Å². The predicted octanol–water partition coefficient (Wildman–Crippen LogP) is 2.06. The van der Waals surface area contributed by atoms with E-state index in [0.29, 0.717) is 6.42 Å². The van der Waals surface area contributed by atoms with Gasteiger partial charge in [0.05, 0.1) is 5.56 Å². The number of pyridine rings is 1. The third-order valence-corrected chi connectivity index (χ3v) is 3.44. The highest BCUT2D eigenvalue weighted by Crippen LogP contribution is 2.32. The molecular weight excluding hydrogens is 281 g/mol. The Morgan fingerprint density at radius 1 is 1.53 bits per heavy atom. The van der Waals surface area contributed by atoms with Crippen molar-refractivity contribution < 1.29 is 23.1 Å². The van der Waals surface area contributed by atoms with Crippen molar-refractivity contribution in [1.29, 1.82) is 0 Å². The largest absolute Gasteiger partial charge is 0.433 e. The molecule has 1 aromatic heterocycles. The number of primary amides is 1. The second-order valence-corrected chi connectivity index (χ2v) is 5.28. The molecule has 1 heterocycles. The van der Waals surface area contributed by atoms with Crippen LogP contribution in [0.4, 0.5) is 13.2 Å². The topological polar surface area (TPSA) is 76.2 Å². The highest BCUT2D eigenvalue weighted by molar-refractivity contribution is 7.99. The van der Waals surface area contributed by atoms with Crippen LogP contribution >= 0.6 is 11.8 Å². The summed E-state index contributed by atoms with van der Waals surface area (Å²) in [5.74, 6) is -0.833. The maximum atomic E-state index is 12.6. The fraction of sp³-hybridized carbons (Fsp3) is 0.455. The van der Waals surface area contributed by atoms with Crippen LogP contribution < -0.4 is 5.73 Å². The summed E-state index contributed by atoms with van der Waals surface area (Å²) >= 11 is 0.981. The van der Waals surface area contributed by atoms with Crippen molar-refractivity contribution in [3.05, 3.63) is 23.4 Å². The number of halogens is 3. The van der Waals surface area contributed by atoms with Crippen LogP contribution in [0.3, 0.4) is 0 Å². The summed E-state index contributed by atoms with van der Waals surface area (Å²) in [6, 6.07) is 1.74. The molecule has 1 unspecified atom stereocenters. The number of nitrogens with two attached hydrogens (primary N) is 1. The first kappa shape index (κ1) is 15.8. The Kier molecular flexibility index (Phi) is 5.19. The minimum absolute atomic E-state index is 0.0530. The molecule has 0 aliphatic rings. The standard InChI is InChI=1S/C11H13F3N2O2S/c1-6(4-5-17)19-10-7(9(15)18)2-3-8(16-10)11(12,13)14/h2-3,6,17H,4-5H2,1H3,(H2,15,18). The number of carbonyl (C=O) groups is 1. The number of aromatic nitrogens is 1. The van der Waals surface area contributed by atoms with Gasteiger partial charge in [-0.15, -0.1) is 11.8 Å². The van der Waals surface area contributed by atoms with E-state index in [1.165, 1.54) is 0 Å². The zero-order chi connectivity index (χ0) is 14.6. The summed E-state index contributed by atoms with van der Waals surface area (Å²) < 4.78 is 37.7. The monoisotopic (exact) mass is 294 g/mol. The van der Waals surface area contributed by atoms with Gasteiger partial charge in [-0.1, -0.05) is 6.92 Å². The van der Waals surface area contributed by atoms with Gasteiger partial charge in [0, 0.05) is 11.9 Å². The van der Waals surface area contributed by atoms with E-state index in [9.17, 15) is 18.0 Å². The van der Waals surface area contributed by atoms with E-state index < -0.39 is 17.8 Å². The second kappa shape index (κ2) is 6.25. The number of aliphatic hydroxyl groups excluding tert-OH is 1. The lowest BCUT2D eigenvalue weighted by Crippen LogP contribution is -2.17. The Hall–Kier alpha value is -1.28. The molecule has 3 N–H and O–H groups in total. The fourth-order valence-corrected chi connectivity index (χ4v) is 2.36. The van der Waals surface area contributed by atoms with E-state index in [1.54, 1.807) is 6.92 Å². The van der Waals surface area contributed by atoms with Crippen molar-refractivity contribution in [2.75, 3.05) is 6.61 Å². The van der Waals surface area contributed by atoms with Gasteiger partial charge in [-0.3, -0.25) is 4.79 Å². The summed E-state index contributed by atoms with van der Waals surface area (Å²) in [6.45, 7) is 1.62. The number of alkyl halides is 3.